The highest BCUT2D eigenvalue weighted by Crippen LogP contribution is 2.44. The third-order valence-electron chi connectivity index (χ3n) is 4.69. The second kappa shape index (κ2) is 8.53. The number of amides is 1. The lowest BCUT2D eigenvalue weighted by Gasteiger charge is -2.34. The number of ether oxygens (including phenoxy) is 1. The van der Waals surface area contributed by atoms with Crippen molar-refractivity contribution in [1.82, 2.24) is 14.9 Å². The van der Waals surface area contributed by atoms with Gasteiger partial charge >= 0.3 is 6.18 Å². The molecule has 11 heteroatoms. The molecule has 1 unspecified atom stereocenters. The van der Waals surface area contributed by atoms with E-state index in [4.69, 9.17) is 4.74 Å². The zero-order valence-electron chi connectivity index (χ0n) is 16.4. The third kappa shape index (κ3) is 4.77. The van der Waals surface area contributed by atoms with Crippen molar-refractivity contribution >= 4 is 29.0 Å². The Balaban J connectivity index is 1.94. The van der Waals surface area contributed by atoms with Crippen molar-refractivity contribution in [3.63, 3.8) is 0 Å². The second-order valence-electron chi connectivity index (χ2n) is 7.21. The van der Waals surface area contributed by atoms with Crippen molar-refractivity contribution in [3.8, 4) is 6.07 Å². The average molecular weight is 457 g/mol. The first kappa shape index (κ1) is 22.5. The quantitative estimate of drug-likeness (QED) is 0.610. The predicted molar refractivity (Wildman–Crippen MR) is 106 cm³/mol. The molecular formula is C19H19F3N4O2S2. The second-order valence-corrected chi connectivity index (χ2v) is 9.31. The number of aromatic nitrogens is 2. The number of nitrogens with zero attached hydrogens (tertiary/aromatic N) is 4. The zero-order chi connectivity index (χ0) is 22.1. The van der Waals surface area contributed by atoms with E-state index in [1.807, 2.05) is 6.07 Å². The Bertz CT molecular complexity index is 958. The first-order chi connectivity index (χ1) is 14.0. The maximum atomic E-state index is 13.1. The van der Waals surface area contributed by atoms with Gasteiger partial charge in [-0.25, -0.2) is 4.98 Å². The van der Waals surface area contributed by atoms with E-state index in [1.165, 1.54) is 18.3 Å². The van der Waals surface area contributed by atoms with Gasteiger partial charge in [0.2, 0.25) is 5.91 Å². The van der Waals surface area contributed by atoms with Crippen LogP contribution in [0.1, 0.15) is 48.6 Å². The summed E-state index contributed by atoms with van der Waals surface area (Å²) in [4.78, 5) is 22.4. The minimum atomic E-state index is -4.61. The smallest absolute Gasteiger partial charge is 0.354 e. The molecule has 2 aromatic heterocycles. The van der Waals surface area contributed by atoms with Crippen LogP contribution in [-0.4, -0.2) is 39.1 Å². The fraction of sp³-hybridized carbons (Fsp3) is 0.474. The molecule has 160 valence electrons. The molecule has 0 spiro atoms. The van der Waals surface area contributed by atoms with Gasteiger partial charge in [0.15, 0.2) is 0 Å². The Hall–Kier alpha value is -2.16. The maximum Gasteiger partial charge on any atom is 0.433 e. The van der Waals surface area contributed by atoms with Crippen LogP contribution in [0.3, 0.4) is 0 Å². The van der Waals surface area contributed by atoms with Gasteiger partial charge in [-0.3, -0.25) is 9.78 Å². The molecule has 0 saturated carbocycles. The monoisotopic (exact) mass is 456 g/mol. The minimum absolute atomic E-state index is 0.00160. The SMILES string of the molecule is CC(=O)N1C(C[C@@H](Sc2nc(C(F)(F)F)ccc2C#N)c2cncs2)COC1(C)C. The van der Waals surface area contributed by atoms with Crippen molar-refractivity contribution in [2.45, 2.75) is 55.4 Å². The Morgan fingerprint density at radius 2 is 2.23 bits per heavy atom. The van der Waals surface area contributed by atoms with Crippen LogP contribution in [0, 0.1) is 11.3 Å². The maximum absolute atomic E-state index is 13.1. The molecule has 6 nitrogen and oxygen atoms in total. The van der Waals surface area contributed by atoms with Crippen molar-refractivity contribution in [3.05, 3.63) is 40.0 Å². The molecule has 0 aliphatic carbocycles. The van der Waals surface area contributed by atoms with Gasteiger partial charge in [0, 0.05) is 23.2 Å². The van der Waals surface area contributed by atoms with E-state index in [-0.39, 0.29) is 27.8 Å². The fourth-order valence-electron chi connectivity index (χ4n) is 3.46. The minimum Gasteiger partial charge on any atom is -0.354 e. The number of nitriles is 1. The van der Waals surface area contributed by atoms with Crippen LogP contribution in [0.5, 0.6) is 0 Å². The summed E-state index contributed by atoms with van der Waals surface area (Å²) < 4.78 is 45.2. The summed E-state index contributed by atoms with van der Waals surface area (Å²) in [7, 11) is 0. The molecule has 1 saturated heterocycles. The van der Waals surface area contributed by atoms with Crippen LogP contribution in [0.25, 0.3) is 0 Å². The lowest BCUT2D eigenvalue weighted by Crippen LogP contribution is -2.47. The number of alkyl halides is 3. The van der Waals surface area contributed by atoms with Gasteiger partial charge in [-0.05, 0) is 32.4 Å². The molecule has 2 atom stereocenters. The standard InChI is InChI=1S/C19H19F3N4O2S2/c1-11(27)26-13(9-28-18(26,2)3)6-14(15-8-24-10-29-15)30-17-12(7-23)4-5-16(25-17)19(20,21)22/h4-5,8,10,13-14H,6,9H2,1-3H3/t13?,14-/m1/s1. The molecule has 0 bridgehead atoms. The Kier molecular flexibility index (Phi) is 6.40. The topological polar surface area (TPSA) is 79.1 Å². The van der Waals surface area contributed by atoms with Gasteiger partial charge < -0.3 is 9.64 Å². The van der Waals surface area contributed by atoms with E-state index in [1.54, 1.807) is 30.5 Å². The number of thioether (sulfide) groups is 1. The van der Waals surface area contributed by atoms with Crippen molar-refractivity contribution < 1.29 is 22.7 Å². The summed E-state index contributed by atoms with van der Waals surface area (Å²) in [5.41, 5.74) is -0.131. The van der Waals surface area contributed by atoms with Crippen molar-refractivity contribution in [2.24, 2.45) is 0 Å². The normalized spacial score (nSPS) is 19.5. The summed E-state index contributed by atoms with van der Waals surface area (Å²) in [5, 5.41) is 9.00. The molecule has 1 amide bonds. The molecule has 1 aliphatic rings. The third-order valence-corrected chi connectivity index (χ3v) is 7.00. The van der Waals surface area contributed by atoms with Gasteiger partial charge in [-0.15, -0.1) is 11.3 Å². The van der Waals surface area contributed by atoms with E-state index in [0.717, 1.165) is 28.8 Å². The molecule has 1 fully saturated rings. The van der Waals surface area contributed by atoms with Gasteiger partial charge in [0.1, 0.15) is 22.5 Å². The predicted octanol–water partition coefficient (Wildman–Crippen LogP) is 4.64. The van der Waals surface area contributed by atoms with Gasteiger partial charge in [0.05, 0.1) is 23.7 Å². The van der Waals surface area contributed by atoms with Crippen LogP contribution < -0.4 is 0 Å². The van der Waals surface area contributed by atoms with Crippen LogP contribution in [0.4, 0.5) is 13.2 Å². The Labute approximate surface area is 180 Å². The lowest BCUT2D eigenvalue weighted by atomic mass is 10.1. The van der Waals surface area contributed by atoms with Gasteiger partial charge in [-0.2, -0.15) is 18.4 Å². The highest BCUT2D eigenvalue weighted by Gasteiger charge is 2.43. The highest BCUT2D eigenvalue weighted by atomic mass is 32.2. The number of hydrogen-bond donors (Lipinski definition) is 0. The summed E-state index contributed by atoms with van der Waals surface area (Å²) in [5.74, 6) is -0.148. The van der Waals surface area contributed by atoms with Gasteiger partial charge in [-0.1, -0.05) is 11.8 Å². The molecule has 0 N–H and O–H groups in total. The number of thiazole rings is 1. The Morgan fingerprint density at radius 1 is 1.50 bits per heavy atom. The molecule has 1 aliphatic heterocycles. The van der Waals surface area contributed by atoms with Crippen LogP contribution >= 0.6 is 23.1 Å². The lowest BCUT2D eigenvalue weighted by molar-refractivity contribution is -0.144. The first-order valence-electron chi connectivity index (χ1n) is 9.00. The number of hydrogen-bond acceptors (Lipinski definition) is 7. The molecule has 0 aromatic carbocycles. The van der Waals surface area contributed by atoms with E-state index < -0.39 is 17.6 Å². The number of carbonyl (C=O) groups is 1. The van der Waals surface area contributed by atoms with Crippen LogP contribution in [-0.2, 0) is 15.7 Å². The number of pyridine rings is 1. The molecular weight excluding hydrogens is 437 g/mol. The van der Waals surface area contributed by atoms with Crippen LogP contribution in [0.15, 0.2) is 28.9 Å². The summed E-state index contributed by atoms with van der Waals surface area (Å²) in [6, 6.07) is 3.57. The number of rotatable bonds is 5. The molecule has 3 rings (SSSR count). The molecule has 3 heterocycles. The molecule has 30 heavy (non-hydrogen) atoms. The Morgan fingerprint density at radius 3 is 2.80 bits per heavy atom. The van der Waals surface area contributed by atoms with E-state index >= 15 is 0 Å². The average Bonchev–Trinajstić information content (AvgIpc) is 3.28. The van der Waals surface area contributed by atoms with Crippen molar-refractivity contribution in [2.75, 3.05) is 6.61 Å². The largest absolute Gasteiger partial charge is 0.433 e. The molecule has 0 radical (unpaired) electrons. The number of carbonyl (C=O) groups excluding carboxylic acids is 1. The van der Waals surface area contributed by atoms with Crippen LogP contribution in [0.2, 0.25) is 0 Å². The van der Waals surface area contributed by atoms with E-state index in [0.29, 0.717) is 13.0 Å². The molecule has 2 aromatic rings. The first-order valence-corrected chi connectivity index (χ1v) is 10.8. The summed E-state index contributed by atoms with van der Waals surface area (Å²) >= 11 is 2.43. The highest BCUT2D eigenvalue weighted by molar-refractivity contribution is 7.99. The van der Waals surface area contributed by atoms with Gasteiger partial charge in [0.25, 0.3) is 0 Å². The van der Waals surface area contributed by atoms with E-state index in [9.17, 15) is 23.2 Å². The summed E-state index contributed by atoms with van der Waals surface area (Å²) in [6.45, 7) is 5.36. The number of halogens is 3. The fourth-order valence-corrected chi connectivity index (χ4v) is 5.54. The zero-order valence-corrected chi connectivity index (χ0v) is 18.1. The van der Waals surface area contributed by atoms with E-state index in [2.05, 4.69) is 9.97 Å². The van der Waals surface area contributed by atoms with Crippen molar-refractivity contribution in [1.29, 1.82) is 5.26 Å². The summed E-state index contributed by atoms with van der Waals surface area (Å²) in [6.07, 6.45) is -2.56.